The highest BCUT2D eigenvalue weighted by molar-refractivity contribution is 5.81. The first-order valence-corrected chi connectivity index (χ1v) is 4.77. The third-order valence-electron chi connectivity index (χ3n) is 2.37. The molecule has 0 aliphatic carbocycles. The first kappa shape index (κ1) is 12.9. The number of hydrogen-bond donors (Lipinski definition) is 0. The lowest BCUT2D eigenvalue weighted by Gasteiger charge is -2.20. The lowest BCUT2D eigenvalue weighted by atomic mass is 9.88. The number of carbonyl (C=O) groups excluding carboxylic acids is 2. The van der Waals surface area contributed by atoms with Crippen molar-refractivity contribution in [1.82, 2.24) is 0 Å². The molecule has 0 saturated carbocycles. The first-order chi connectivity index (χ1) is 6.62. The fourth-order valence-corrected chi connectivity index (χ4v) is 1.53. The maximum Gasteiger partial charge on any atom is 0.309 e. The van der Waals surface area contributed by atoms with Gasteiger partial charge in [0, 0.05) is 0 Å². The third-order valence-corrected chi connectivity index (χ3v) is 2.37. The summed E-state index contributed by atoms with van der Waals surface area (Å²) >= 11 is 0. The van der Waals surface area contributed by atoms with E-state index in [-0.39, 0.29) is 11.9 Å². The summed E-state index contributed by atoms with van der Waals surface area (Å²) < 4.78 is 9.27. The summed E-state index contributed by atoms with van der Waals surface area (Å²) in [5.41, 5.74) is 0. The Bertz CT molecular complexity index is 178. The van der Waals surface area contributed by atoms with Gasteiger partial charge in [0.15, 0.2) is 0 Å². The van der Waals surface area contributed by atoms with E-state index in [9.17, 15) is 9.59 Å². The van der Waals surface area contributed by atoms with Crippen LogP contribution in [0.1, 0.15) is 26.7 Å². The first-order valence-electron chi connectivity index (χ1n) is 4.77. The van der Waals surface area contributed by atoms with E-state index in [1.807, 2.05) is 13.8 Å². The van der Waals surface area contributed by atoms with Crippen LogP contribution in [0.2, 0.25) is 0 Å². The molecular weight excluding hydrogens is 184 g/mol. The van der Waals surface area contributed by atoms with Crippen LogP contribution in [0.25, 0.3) is 0 Å². The molecule has 82 valence electrons. The molecular formula is C10H18O4. The van der Waals surface area contributed by atoms with Gasteiger partial charge in [-0.25, -0.2) is 0 Å². The van der Waals surface area contributed by atoms with Crippen molar-refractivity contribution in [2.24, 2.45) is 11.8 Å². The van der Waals surface area contributed by atoms with E-state index in [1.165, 1.54) is 14.2 Å². The van der Waals surface area contributed by atoms with Crippen molar-refractivity contribution in [1.29, 1.82) is 0 Å². The van der Waals surface area contributed by atoms with Crippen LogP contribution >= 0.6 is 0 Å². The van der Waals surface area contributed by atoms with E-state index >= 15 is 0 Å². The molecule has 4 nitrogen and oxygen atoms in total. The van der Waals surface area contributed by atoms with E-state index in [4.69, 9.17) is 0 Å². The van der Waals surface area contributed by atoms with E-state index in [0.717, 1.165) is 0 Å². The monoisotopic (exact) mass is 202 g/mol. The SMILES string of the molecule is CCC(C(=O)OC)C(CC)C(=O)OC. The van der Waals surface area contributed by atoms with E-state index in [2.05, 4.69) is 9.47 Å². The molecule has 0 radical (unpaired) electrons. The Morgan fingerprint density at radius 3 is 1.36 bits per heavy atom. The highest BCUT2D eigenvalue weighted by Crippen LogP contribution is 2.22. The topological polar surface area (TPSA) is 52.6 Å². The van der Waals surface area contributed by atoms with Gasteiger partial charge >= 0.3 is 11.9 Å². The van der Waals surface area contributed by atoms with Crippen LogP contribution in [-0.2, 0) is 19.1 Å². The van der Waals surface area contributed by atoms with Crippen molar-refractivity contribution in [3.63, 3.8) is 0 Å². The number of ether oxygens (including phenoxy) is 2. The Morgan fingerprint density at radius 2 is 1.21 bits per heavy atom. The molecule has 0 saturated heterocycles. The number of hydrogen-bond acceptors (Lipinski definition) is 4. The lowest BCUT2D eigenvalue weighted by Crippen LogP contribution is -2.30. The van der Waals surface area contributed by atoms with Crippen LogP contribution in [-0.4, -0.2) is 26.2 Å². The molecule has 2 atom stereocenters. The van der Waals surface area contributed by atoms with Crippen molar-refractivity contribution in [3.8, 4) is 0 Å². The van der Waals surface area contributed by atoms with Crippen molar-refractivity contribution >= 4 is 11.9 Å². The normalized spacial score (nSPS) is 14.3. The van der Waals surface area contributed by atoms with Crippen molar-refractivity contribution < 1.29 is 19.1 Å². The highest BCUT2D eigenvalue weighted by Gasteiger charge is 2.32. The molecule has 0 aromatic heterocycles. The fourth-order valence-electron chi connectivity index (χ4n) is 1.53. The van der Waals surface area contributed by atoms with Gasteiger partial charge in [-0.1, -0.05) is 13.8 Å². The van der Waals surface area contributed by atoms with Gasteiger partial charge in [-0.2, -0.15) is 0 Å². The van der Waals surface area contributed by atoms with Crippen molar-refractivity contribution in [2.75, 3.05) is 14.2 Å². The zero-order chi connectivity index (χ0) is 11.1. The number of methoxy groups -OCH3 is 2. The smallest absolute Gasteiger partial charge is 0.309 e. The second-order valence-corrected chi connectivity index (χ2v) is 3.08. The minimum atomic E-state index is -0.391. The zero-order valence-electron chi connectivity index (χ0n) is 9.20. The van der Waals surface area contributed by atoms with E-state index in [1.54, 1.807) is 0 Å². The predicted molar refractivity (Wildman–Crippen MR) is 51.6 cm³/mol. The van der Waals surface area contributed by atoms with Gasteiger partial charge in [0.05, 0.1) is 26.1 Å². The highest BCUT2D eigenvalue weighted by atomic mass is 16.5. The summed E-state index contributed by atoms with van der Waals surface area (Å²) in [7, 11) is 2.66. The van der Waals surface area contributed by atoms with Crippen LogP contribution in [0, 0.1) is 11.8 Å². The van der Waals surface area contributed by atoms with Gasteiger partial charge in [0.1, 0.15) is 0 Å². The van der Waals surface area contributed by atoms with Crippen LogP contribution in [0.4, 0.5) is 0 Å². The summed E-state index contributed by atoms with van der Waals surface area (Å²) in [6.45, 7) is 3.71. The quantitative estimate of drug-likeness (QED) is 0.632. The Kier molecular flexibility index (Phi) is 5.92. The number of esters is 2. The Morgan fingerprint density at radius 1 is 0.929 bits per heavy atom. The summed E-state index contributed by atoms with van der Waals surface area (Å²) in [4.78, 5) is 22.7. The molecule has 0 aromatic rings. The number of rotatable bonds is 5. The van der Waals surface area contributed by atoms with Gasteiger partial charge in [0.2, 0.25) is 0 Å². The van der Waals surface area contributed by atoms with E-state index < -0.39 is 11.8 Å². The average Bonchev–Trinajstić information content (AvgIpc) is 2.23. The molecule has 0 rings (SSSR count). The van der Waals surface area contributed by atoms with Crippen molar-refractivity contribution in [2.45, 2.75) is 26.7 Å². The maximum absolute atomic E-state index is 11.3. The molecule has 4 heteroatoms. The van der Waals surface area contributed by atoms with Gasteiger partial charge in [0.25, 0.3) is 0 Å². The fraction of sp³-hybridized carbons (Fsp3) is 0.800. The van der Waals surface area contributed by atoms with Crippen LogP contribution in [0.15, 0.2) is 0 Å². The summed E-state index contributed by atoms with van der Waals surface area (Å²) in [6, 6.07) is 0. The van der Waals surface area contributed by atoms with Crippen molar-refractivity contribution in [3.05, 3.63) is 0 Å². The molecule has 0 aliphatic heterocycles. The molecule has 0 spiro atoms. The minimum Gasteiger partial charge on any atom is -0.469 e. The van der Waals surface area contributed by atoms with Gasteiger partial charge in [-0.15, -0.1) is 0 Å². The maximum atomic E-state index is 11.3. The molecule has 0 amide bonds. The molecule has 0 fully saturated rings. The standard InChI is InChI=1S/C10H18O4/c1-5-7(9(11)13-3)8(6-2)10(12)14-4/h7-8H,5-6H2,1-4H3. The van der Waals surface area contributed by atoms with E-state index in [0.29, 0.717) is 12.8 Å². The minimum absolute atomic E-state index is 0.343. The zero-order valence-corrected chi connectivity index (χ0v) is 9.20. The molecule has 0 N–H and O–H groups in total. The largest absolute Gasteiger partial charge is 0.469 e. The predicted octanol–water partition coefficient (Wildman–Crippen LogP) is 1.38. The van der Waals surface area contributed by atoms with Crippen LogP contribution < -0.4 is 0 Å². The lowest BCUT2D eigenvalue weighted by molar-refractivity contribution is -0.157. The number of carbonyl (C=O) groups is 2. The molecule has 0 aliphatic rings. The molecule has 0 aromatic carbocycles. The summed E-state index contributed by atoms with van der Waals surface area (Å²) in [5, 5.41) is 0. The third kappa shape index (κ3) is 3.01. The summed E-state index contributed by atoms with van der Waals surface area (Å²) in [5.74, 6) is -1.47. The molecule has 2 unspecified atom stereocenters. The van der Waals surface area contributed by atoms with Gasteiger partial charge < -0.3 is 9.47 Å². The van der Waals surface area contributed by atoms with Crippen LogP contribution in [0.5, 0.6) is 0 Å². The van der Waals surface area contributed by atoms with Crippen LogP contribution in [0.3, 0.4) is 0 Å². The Hall–Kier alpha value is -1.06. The second-order valence-electron chi connectivity index (χ2n) is 3.08. The molecule has 0 bridgehead atoms. The Balaban J connectivity index is 4.60. The summed E-state index contributed by atoms with van der Waals surface area (Å²) in [6.07, 6.45) is 1.17. The Labute approximate surface area is 84.6 Å². The second kappa shape index (κ2) is 6.40. The molecule has 14 heavy (non-hydrogen) atoms. The molecule has 0 heterocycles. The van der Waals surface area contributed by atoms with Gasteiger partial charge in [-0.05, 0) is 12.8 Å². The van der Waals surface area contributed by atoms with Gasteiger partial charge in [-0.3, -0.25) is 9.59 Å². The average molecular weight is 202 g/mol.